The van der Waals surface area contributed by atoms with Gasteiger partial charge in [-0.3, -0.25) is 4.79 Å². The van der Waals surface area contributed by atoms with Crippen molar-refractivity contribution in [2.24, 2.45) is 0 Å². The predicted octanol–water partition coefficient (Wildman–Crippen LogP) is 5.48. The SMILES string of the molecule is CC1(C)Oc2cc(F)ccc2-c2c1c(C(=O)NC1CCCCNC1)nn2-c1ccc(Cl)cc1Cl. The van der Waals surface area contributed by atoms with E-state index >= 15 is 0 Å². The monoisotopic (exact) mass is 502 g/mol. The summed E-state index contributed by atoms with van der Waals surface area (Å²) in [6, 6.07) is 9.44. The van der Waals surface area contributed by atoms with Crippen LogP contribution in [0.2, 0.25) is 10.0 Å². The van der Waals surface area contributed by atoms with E-state index in [-0.39, 0.29) is 17.6 Å². The standard InChI is InChI=1S/C25H25Cl2FN4O2/c1-25(2)21-22(24(33)30-16-5-3-4-10-29-13-16)31-32(19-9-6-14(26)11-18(19)27)23(21)17-8-7-15(28)12-20(17)34-25/h6-9,11-12,16,29H,3-5,10,13H2,1-2H3,(H,30,33). The second-order valence-electron chi connectivity index (χ2n) is 9.20. The first-order valence-electron chi connectivity index (χ1n) is 11.3. The Morgan fingerprint density at radius 2 is 2.06 bits per heavy atom. The van der Waals surface area contributed by atoms with Crippen LogP contribution >= 0.6 is 23.2 Å². The molecule has 2 aromatic carbocycles. The van der Waals surface area contributed by atoms with Gasteiger partial charge in [0.25, 0.3) is 5.91 Å². The third-order valence-corrected chi connectivity index (χ3v) is 6.82. The van der Waals surface area contributed by atoms with Gasteiger partial charge in [-0.05, 0) is 63.6 Å². The summed E-state index contributed by atoms with van der Waals surface area (Å²) in [5, 5.41) is 12.1. The van der Waals surface area contributed by atoms with Gasteiger partial charge in [0.15, 0.2) is 5.69 Å². The largest absolute Gasteiger partial charge is 0.482 e. The number of hydrogen-bond donors (Lipinski definition) is 2. The van der Waals surface area contributed by atoms with E-state index in [0.717, 1.165) is 25.8 Å². The van der Waals surface area contributed by atoms with E-state index in [4.69, 9.17) is 33.0 Å². The van der Waals surface area contributed by atoms with Crippen molar-refractivity contribution >= 4 is 29.1 Å². The molecule has 3 aromatic rings. The number of fused-ring (bicyclic) bond motifs is 3. The summed E-state index contributed by atoms with van der Waals surface area (Å²) < 4.78 is 21.9. The van der Waals surface area contributed by atoms with Crippen LogP contribution in [0.3, 0.4) is 0 Å². The van der Waals surface area contributed by atoms with Crippen LogP contribution in [0.4, 0.5) is 4.39 Å². The molecule has 1 unspecified atom stereocenters. The summed E-state index contributed by atoms with van der Waals surface area (Å²) in [6.45, 7) is 5.34. The van der Waals surface area contributed by atoms with Gasteiger partial charge in [0.1, 0.15) is 17.2 Å². The Morgan fingerprint density at radius 3 is 2.85 bits per heavy atom. The summed E-state index contributed by atoms with van der Waals surface area (Å²) in [7, 11) is 0. The molecular formula is C25H25Cl2FN4O2. The second kappa shape index (κ2) is 8.87. The number of hydrogen-bond acceptors (Lipinski definition) is 4. The Kier molecular flexibility index (Phi) is 6.04. The van der Waals surface area contributed by atoms with E-state index in [1.54, 1.807) is 28.9 Å². The van der Waals surface area contributed by atoms with E-state index in [1.165, 1.54) is 12.1 Å². The molecule has 34 heavy (non-hydrogen) atoms. The number of nitrogens with zero attached hydrogens (tertiary/aromatic N) is 2. The molecule has 0 saturated carbocycles. The predicted molar refractivity (Wildman–Crippen MR) is 131 cm³/mol. The highest BCUT2D eigenvalue weighted by molar-refractivity contribution is 6.35. The maximum Gasteiger partial charge on any atom is 0.272 e. The van der Waals surface area contributed by atoms with Gasteiger partial charge in [-0.15, -0.1) is 0 Å². The average molecular weight is 503 g/mol. The molecule has 0 bridgehead atoms. The van der Waals surface area contributed by atoms with E-state index in [2.05, 4.69) is 10.6 Å². The van der Waals surface area contributed by atoms with Crippen LogP contribution in [0.1, 0.15) is 49.2 Å². The zero-order valence-electron chi connectivity index (χ0n) is 18.9. The van der Waals surface area contributed by atoms with Crippen molar-refractivity contribution in [2.75, 3.05) is 13.1 Å². The minimum absolute atomic E-state index is 0.00363. The topological polar surface area (TPSA) is 68.2 Å². The van der Waals surface area contributed by atoms with Crippen LogP contribution in [0.25, 0.3) is 16.9 Å². The zero-order chi connectivity index (χ0) is 24.0. The van der Waals surface area contributed by atoms with Gasteiger partial charge in [0.05, 0.1) is 22.0 Å². The van der Waals surface area contributed by atoms with E-state index in [9.17, 15) is 9.18 Å². The first kappa shape index (κ1) is 23.1. The molecule has 3 heterocycles. The van der Waals surface area contributed by atoms with Crippen molar-refractivity contribution < 1.29 is 13.9 Å². The fourth-order valence-corrected chi connectivity index (χ4v) is 5.21. The van der Waals surface area contributed by atoms with E-state index < -0.39 is 11.4 Å². The lowest BCUT2D eigenvalue weighted by atomic mass is 9.88. The van der Waals surface area contributed by atoms with Crippen LogP contribution in [0.15, 0.2) is 36.4 Å². The molecule has 2 aliphatic rings. The number of aromatic nitrogens is 2. The zero-order valence-corrected chi connectivity index (χ0v) is 20.4. The lowest BCUT2D eigenvalue weighted by Crippen LogP contribution is -2.42. The molecule has 1 saturated heterocycles. The Balaban J connectivity index is 1.69. The number of amides is 1. The number of carbonyl (C=O) groups is 1. The van der Waals surface area contributed by atoms with Gasteiger partial charge in [-0.2, -0.15) is 5.10 Å². The normalized spacial score (nSPS) is 18.9. The van der Waals surface area contributed by atoms with Crippen LogP contribution in [-0.2, 0) is 5.60 Å². The molecule has 2 aliphatic heterocycles. The molecule has 0 spiro atoms. The lowest BCUT2D eigenvalue weighted by molar-refractivity contribution is 0.0884. The number of nitrogens with one attached hydrogen (secondary N) is 2. The summed E-state index contributed by atoms with van der Waals surface area (Å²) in [6.07, 6.45) is 3.02. The van der Waals surface area contributed by atoms with E-state index in [0.29, 0.717) is 44.8 Å². The highest BCUT2D eigenvalue weighted by Gasteiger charge is 2.41. The molecule has 6 nitrogen and oxygen atoms in total. The Labute approximate surface area is 207 Å². The van der Waals surface area contributed by atoms with Crippen molar-refractivity contribution in [3.05, 3.63) is 63.5 Å². The van der Waals surface area contributed by atoms with Crippen LogP contribution in [0, 0.1) is 5.82 Å². The van der Waals surface area contributed by atoms with Crippen molar-refractivity contribution in [1.82, 2.24) is 20.4 Å². The molecule has 1 amide bonds. The summed E-state index contributed by atoms with van der Waals surface area (Å²) in [5.74, 6) is -0.313. The van der Waals surface area contributed by atoms with Crippen molar-refractivity contribution in [3.63, 3.8) is 0 Å². The molecule has 1 aromatic heterocycles. The van der Waals surface area contributed by atoms with Crippen molar-refractivity contribution in [1.29, 1.82) is 0 Å². The number of ether oxygens (including phenoxy) is 1. The third kappa shape index (κ3) is 4.17. The fourth-order valence-electron chi connectivity index (χ4n) is 4.72. The summed E-state index contributed by atoms with van der Waals surface area (Å²) >= 11 is 12.7. The minimum Gasteiger partial charge on any atom is -0.482 e. The van der Waals surface area contributed by atoms with Crippen LogP contribution in [-0.4, -0.2) is 34.8 Å². The Morgan fingerprint density at radius 1 is 1.24 bits per heavy atom. The van der Waals surface area contributed by atoms with Crippen LogP contribution in [0.5, 0.6) is 5.75 Å². The summed E-state index contributed by atoms with van der Waals surface area (Å²) in [4.78, 5) is 13.6. The smallest absolute Gasteiger partial charge is 0.272 e. The van der Waals surface area contributed by atoms with Gasteiger partial charge in [-0.25, -0.2) is 9.07 Å². The molecule has 2 N–H and O–H groups in total. The van der Waals surface area contributed by atoms with Crippen molar-refractivity contribution in [3.8, 4) is 22.7 Å². The number of benzene rings is 2. The molecular weight excluding hydrogens is 478 g/mol. The van der Waals surface area contributed by atoms with E-state index in [1.807, 2.05) is 13.8 Å². The molecule has 1 atom stereocenters. The third-order valence-electron chi connectivity index (χ3n) is 6.29. The fraction of sp³-hybridized carbons (Fsp3) is 0.360. The molecule has 1 fully saturated rings. The lowest BCUT2D eigenvalue weighted by Gasteiger charge is -2.33. The van der Waals surface area contributed by atoms with Gasteiger partial charge in [0.2, 0.25) is 0 Å². The number of halogens is 3. The molecule has 9 heteroatoms. The average Bonchev–Trinajstić information content (AvgIpc) is 2.99. The maximum atomic E-state index is 14.1. The molecule has 178 valence electrons. The van der Waals surface area contributed by atoms with Gasteiger partial charge in [0, 0.05) is 29.2 Å². The molecule has 5 rings (SSSR count). The summed E-state index contributed by atoms with van der Waals surface area (Å²) in [5.41, 5.74) is 1.76. The van der Waals surface area contributed by atoms with Gasteiger partial charge < -0.3 is 15.4 Å². The first-order chi connectivity index (χ1) is 16.2. The van der Waals surface area contributed by atoms with Gasteiger partial charge >= 0.3 is 0 Å². The maximum absolute atomic E-state index is 14.1. The van der Waals surface area contributed by atoms with Crippen LogP contribution < -0.4 is 15.4 Å². The molecule has 0 radical (unpaired) electrons. The minimum atomic E-state index is -0.943. The highest BCUT2D eigenvalue weighted by atomic mass is 35.5. The Hall–Kier alpha value is -2.61. The second-order valence-corrected chi connectivity index (χ2v) is 10.0. The number of rotatable bonds is 3. The van der Waals surface area contributed by atoms with Crippen molar-refractivity contribution in [2.45, 2.75) is 44.8 Å². The first-order valence-corrected chi connectivity index (χ1v) is 12.1. The van der Waals surface area contributed by atoms with Gasteiger partial charge in [-0.1, -0.05) is 29.6 Å². The molecule has 0 aliphatic carbocycles. The Bertz CT molecular complexity index is 1270. The number of carbonyl (C=O) groups excluding carboxylic acids is 1. The highest BCUT2D eigenvalue weighted by Crippen LogP contribution is 2.48. The quantitative estimate of drug-likeness (QED) is 0.497.